The molecule has 0 saturated heterocycles. The molecule has 124 valence electrons. The summed E-state index contributed by atoms with van der Waals surface area (Å²) in [6.45, 7) is 5.54. The molecule has 0 spiro atoms. The number of aromatic amines is 2. The fourth-order valence-electron chi connectivity index (χ4n) is 2.82. The van der Waals surface area contributed by atoms with Crippen LogP contribution in [0, 0.1) is 17.2 Å². The van der Waals surface area contributed by atoms with E-state index in [9.17, 15) is 14.4 Å². The number of nitriles is 1. The van der Waals surface area contributed by atoms with Gasteiger partial charge in [0.1, 0.15) is 0 Å². The summed E-state index contributed by atoms with van der Waals surface area (Å²) in [5, 5.41) is 8.64. The van der Waals surface area contributed by atoms with E-state index in [1.807, 2.05) is 19.1 Å². The topological polar surface area (TPSA) is 107 Å². The highest BCUT2D eigenvalue weighted by Crippen LogP contribution is 2.26. The predicted octanol–water partition coefficient (Wildman–Crippen LogP) is 2.34. The molecule has 0 radical (unpaired) electrons. The van der Waals surface area contributed by atoms with Crippen LogP contribution < -0.4 is 11.2 Å². The van der Waals surface area contributed by atoms with E-state index >= 15 is 0 Å². The average molecular weight is 325 g/mol. The number of hydrogen-bond acceptors (Lipinski definition) is 4. The lowest BCUT2D eigenvalue weighted by Crippen LogP contribution is -2.31. The van der Waals surface area contributed by atoms with Crippen molar-refractivity contribution < 1.29 is 4.79 Å². The lowest BCUT2D eigenvalue weighted by atomic mass is 9.87. The van der Waals surface area contributed by atoms with Crippen LogP contribution in [0.4, 0.5) is 0 Å². The fraction of sp³-hybridized carbons (Fsp3) is 0.333. The number of hydrogen-bond donors (Lipinski definition) is 2. The second-order valence-corrected chi connectivity index (χ2v) is 6.16. The van der Waals surface area contributed by atoms with Crippen molar-refractivity contribution in [2.45, 2.75) is 33.1 Å². The highest BCUT2D eigenvalue weighted by molar-refractivity contribution is 6.08. The summed E-state index contributed by atoms with van der Waals surface area (Å²) in [5.41, 5.74) is 0.348. The SMILES string of the molecule is CC1C=C(/C=C/C#N)C=C(C(=O)c2[nH]c(=O)[nH]c(=O)c2C(C)C)C1. The van der Waals surface area contributed by atoms with Crippen LogP contribution in [-0.4, -0.2) is 15.8 Å². The maximum atomic E-state index is 12.9. The van der Waals surface area contributed by atoms with E-state index < -0.39 is 11.2 Å². The Morgan fingerprint density at radius 2 is 2.08 bits per heavy atom. The molecule has 2 N–H and O–H groups in total. The van der Waals surface area contributed by atoms with E-state index in [1.54, 1.807) is 26.0 Å². The van der Waals surface area contributed by atoms with Crippen molar-refractivity contribution in [2.24, 2.45) is 5.92 Å². The molecule has 1 unspecified atom stereocenters. The molecule has 6 nitrogen and oxygen atoms in total. The van der Waals surface area contributed by atoms with Crippen molar-refractivity contribution in [2.75, 3.05) is 0 Å². The van der Waals surface area contributed by atoms with Crippen LogP contribution in [0.2, 0.25) is 0 Å². The van der Waals surface area contributed by atoms with Gasteiger partial charge in [-0.15, -0.1) is 0 Å². The van der Waals surface area contributed by atoms with Gasteiger partial charge in [-0.25, -0.2) is 4.79 Å². The molecule has 6 heteroatoms. The van der Waals surface area contributed by atoms with E-state index in [0.717, 1.165) is 5.57 Å². The average Bonchev–Trinajstić information content (AvgIpc) is 2.50. The lowest BCUT2D eigenvalue weighted by Gasteiger charge is -2.18. The Kier molecular flexibility index (Phi) is 5.14. The van der Waals surface area contributed by atoms with Crippen molar-refractivity contribution in [1.29, 1.82) is 5.26 Å². The Labute approximate surface area is 139 Å². The summed E-state index contributed by atoms with van der Waals surface area (Å²) in [5.74, 6) is -0.451. The van der Waals surface area contributed by atoms with Crippen molar-refractivity contribution in [1.82, 2.24) is 9.97 Å². The van der Waals surface area contributed by atoms with E-state index in [2.05, 4.69) is 9.97 Å². The Bertz CT molecular complexity index is 905. The second kappa shape index (κ2) is 7.09. The van der Waals surface area contributed by atoms with Gasteiger partial charge in [-0.05, 0) is 36.0 Å². The Morgan fingerprint density at radius 3 is 2.71 bits per heavy atom. The van der Waals surface area contributed by atoms with Gasteiger partial charge in [-0.2, -0.15) is 5.26 Å². The Hall–Kier alpha value is -2.94. The van der Waals surface area contributed by atoms with Gasteiger partial charge in [0, 0.05) is 17.2 Å². The monoisotopic (exact) mass is 325 g/mol. The van der Waals surface area contributed by atoms with Gasteiger partial charge < -0.3 is 4.98 Å². The second-order valence-electron chi connectivity index (χ2n) is 6.16. The summed E-state index contributed by atoms with van der Waals surface area (Å²) in [7, 11) is 0. The third kappa shape index (κ3) is 3.69. The molecular formula is C18H19N3O3. The number of nitrogens with one attached hydrogen (secondary N) is 2. The van der Waals surface area contributed by atoms with Crippen LogP contribution in [0.15, 0.2) is 45.0 Å². The Morgan fingerprint density at radius 1 is 1.38 bits per heavy atom. The third-order valence-corrected chi connectivity index (χ3v) is 3.79. The number of Topliss-reactive ketones (excluding diaryl/α,β-unsaturated/α-hetero) is 1. The van der Waals surface area contributed by atoms with Crippen LogP contribution in [-0.2, 0) is 0 Å². The fourth-order valence-corrected chi connectivity index (χ4v) is 2.82. The quantitative estimate of drug-likeness (QED) is 0.654. The number of allylic oxidation sites excluding steroid dienone is 6. The van der Waals surface area contributed by atoms with Gasteiger partial charge in [0.2, 0.25) is 5.78 Å². The van der Waals surface area contributed by atoms with Crippen molar-refractivity contribution in [3.05, 3.63) is 67.5 Å². The predicted molar refractivity (Wildman–Crippen MR) is 90.8 cm³/mol. The van der Waals surface area contributed by atoms with Gasteiger partial charge in [0.05, 0.1) is 11.8 Å². The molecule has 1 aromatic rings. The van der Waals surface area contributed by atoms with Crippen molar-refractivity contribution >= 4 is 5.78 Å². The van der Waals surface area contributed by atoms with Gasteiger partial charge in [0.15, 0.2) is 0 Å². The van der Waals surface area contributed by atoms with Crippen LogP contribution in [0.3, 0.4) is 0 Å². The number of H-pyrrole nitrogens is 2. The molecule has 0 bridgehead atoms. The minimum Gasteiger partial charge on any atom is -0.304 e. The number of carbonyl (C=O) groups excluding carboxylic acids is 1. The highest BCUT2D eigenvalue weighted by Gasteiger charge is 2.24. The van der Waals surface area contributed by atoms with Crippen LogP contribution in [0.1, 0.15) is 49.2 Å². The van der Waals surface area contributed by atoms with Gasteiger partial charge in [0.25, 0.3) is 5.56 Å². The first-order chi connectivity index (χ1) is 11.3. The molecule has 0 fully saturated rings. The maximum absolute atomic E-state index is 12.9. The van der Waals surface area contributed by atoms with Crippen LogP contribution in [0.5, 0.6) is 0 Å². The van der Waals surface area contributed by atoms with Gasteiger partial charge in [-0.1, -0.05) is 26.8 Å². The zero-order valence-corrected chi connectivity index (χ0v) is 13.8. The standard InChI is InChI=1S/C18H19N3O3/c1-10(2)14-15(20-18(24)21-17(14)23)16(22)13-8-11(3)7-12(9-13)5-4-6-19/h4-5,7,9-11H,8H2,1-3H3,(H2,20,21,23,24)/b5-4+. The normalized spacial score (nSPS) is 17.5. The summed E-state index contributed by atoms with van der Waals surface area (Å²) in [6, 6.07) is 1.92. The molecule has 1 aromatic heterocycles. The smallest absolute Gasteiger partial charge is 0.304 e. The van der Waals surface area contributed by atoms with Gasteiger partial charge in [-0.3, -0.25) is 14.6 Å². The molecule has 24 heavy (non-hydrogen) atoms. The molecule has 1 aliphatic carbocycles. The zero-order chi connectivity index (χ0) is 17.9. The van der Waals surface area contributed by atoms with Crippen molar-refractivity contribution in [3.63, 3.8) is 0 Å². The largest absolute Gasteiger partial charge is 0.326 e. The first kappa shape index (κ1) is 17.4. The Balaban J connectivity index is 2.54. The third-order valence-electron chi connectivity index (χ3n) is 3.79. The molecular weight excluding hydrogens is 306 g/mol. The molecule has 0 amide bonds. The number of rotatable bonds is 4. The van der Waals surface area contributed by atoms with E-state index in [4.69, 9.17) is 5.26 Å². The number of carbonyl (C=O) groups is 1. The summed E-state index contributed by atoms with van der Waals surface area (Å²) in [4.78, 5) is 41.2. The minimum atomic E-state index is -0.697. The first-order valence-electron chi connectivity index (χ1n) is 7.73. The summed E-state index contributed by atoms with van der Waals surface area (Å²) in [6.07, 6.45) is 7.15. The molecule has 1 heterocycles. The maximum Gasteiger partial charge on any atom is 0.326 e. The number of aromatic nitrogens is 2. The highest BCUT2D eigenvalue weighted by atomic mass is 16.2. The van der Waals surface area contributed by atoms with Gasteiger partial charge >= 0.3 is 5.69 Å². The molecule has 1 atom stereocenters. The van der Waals surface area contributed by atoms with Crippen LogP contribution >= 0.6 is 0 Å². The van der Waals surface area contributed by atoms with Crippen molar-refractivity contribution in [3.8, 4) is 6.07 Å². The van der Waals surface area contributed by atoms with Crippen LogP contribution in [0.25, 0.3) is 0 Å². The number of nitrogens with zero attached hydrogens (tertiary/aromatic N) is 1. The lowest BCUT2D eigenvalue weighted by molar-refractivity contribution is 0.102. The minimum absolute atomic E-state index is 0.0442. The van der Waals surface area contributed by atoms with E-state index in [0.29, 0.717) is 12.0 Å². The molecule has 1 aliphatic rings. The zero-order valence-electron chi connectivity index (χ0n) is 13.8. The van der Waals surface area contributed by atoms with E-state index in [1.165, 1.54) is 6.08 Å². The number of ketones is 1. The summed E-state index contributed by atoms with van der Waals surface area (Å²) >= 11 is 0. The van der Waals surface area contributed by atoms with E-state index in [-0.39, 0.29) is 28.9 Å². The first-order valence-corrected chi connectivity index (χ1v) is 7.73. The molecule has 0 aromatic carbocycles. The molecule has 2 rings (SSSR count). The molecule has 0 saturated carbocycles. The molecule has 0 aliphatic heterocycles. The summed E-state index contributed by atoms with van der Waals surface area (Å²) < 4.78 is 0.